The van der Waals surface area contributed by atoms with Crippen molar-refractivity contribution in [3.63, 3.8) is 0 Å². The van der Waals surface area contributed by atoms with E-state index in [1.165, 1.54) is 12.1 Å². The van der Waals surface area contributed by atoms with Gasteiger partial charge in [-0.25, -0.2) is 0 Å². The van der Waals surface area contributed by atoms with Crippen LogP contribution in [-0.2, 0) is 10.7 Å². The monoisotopic (exact) mass is 428 g/mol. The summed E-state index contributed by atoms with van der Waals surface area (Å²) in [6, 6.07) is 9.28. The first kappa shape index (κ1) is 16.6. The summed E-state index contributed by atoms with van der Waals surface area (Å²) in [6.07, 6.45) is 0. The fraction of sp³-hybridized carbons (Fsp3) is 0.143. The van der Waals surface area contributed by atoms with Gasteiger partial charge < -0.3 is 0 Å². The molecule has 6 nitrogen and oxygen atoms in total. The topological polar surface area (TPSA) is 86.3 Å². The third-order valence-electron chi connectivity index (χ3n) is 3.19. The van der Waals surface area contributed by atoms with E-state index in [-0.39, 0.29) is 22.5 Å². The molecule has 0 aliphatic carbocycles. The van der Waals surface area contributed by atoms with Crippen LogP contribution in [0.2, 0.25) is 0 Å². The third kappa shape index (κ3) is 3.02. The summed E-state index contributed by atoms with van der Waals surface area (Å²) < 4.78 is 0. The molecule has 0 aliphatic rings. The van der Waals surface area contributed by atoms with Gasteiger partial charge in [-0.2, -0.15) is 0 Å². The molecule has 8 heteroatoms. The molecule has 0 amide bonds. The minimum Gasteiger partial charge on any atom is -0.258 e. The van der Waals surface area contributed by atoms with Crippen molar-refractivity contribution in [1.29, 1.82) is 0 Å². The zero-order chi connectivity index (χ0) is 16.3. The van der Waals surface area contributed by atoms with Crippen LogP contribution >= 0.6 is 31.9 Å². The summed E-state index contributed by atoms with van der Waals surface area (Å²) in [6.45, 7) is 0. The van der Waals surface area contributed by atoms with Gasteiger partial charge in [-0.15, -0.1) is 0 Å². The Kier molecular flexibility index (Phi) is 5.25. The van der Waals surface area contributed by atoms with Crippen molar-refractivity contribution in [2.24, 2.45) is 0 Å². The Hall–Kier alpha value is -1.80. The van der Waals surface area contributed by atoms with Crippen LogP contribution in [-0.4, -0.2) is 9.85 Å². The summed E-state index contributed by atoms with van der Waals surface area (Å²) in [5.74, 6) is 0. The number of rotatable bonds is 5. The molecular formula is C14H10Br2N2O4. The van der Waals surface area contributed by atoms with E-state index in [0.29, 0.717) is 21.8 Å². The molecule has 0 fully saturated rings. The van der Waals surface area contributed by atoms with Crippen molar-refractivity contribution in [2.75, 3.05) is 0 Å². The molecule has 114 valence electrons. The summed E-state index contributed by atoms with van der Waals surface area (Å²) in [5.41, 5.74) is 1.54. The lowest BCUT2D eigenvalue weighted by Gasteiger charge is -2.12. The molecule has 0 aromatic heterocycles. The van der Waals surface area contributed by atoms with Gasteiger partial charge in [0, 0.05) is 22.8 Å². The number of alkyl halides is 2. The van der Waals surface area contributed by atoms with Gasteiger partial charge in [0.05, 0.1) is 21.0 Å². The van der Waals surface area contributed by atoms with Crippen molar-refractivity contribution in [3.05, 3.63) is 67.8 Å². The van der Waals surface area contributed by atoms with Crippen LogP contribution in [0.5, 0.6) is 0 Å². The predicted molar refractivity (Wildman–Crippen MR) is 90.4 cm³/mol. The molecule has 2 aromatic rings. The van der Waals surface area contributed by atoms with Gasteiger partial charge in [-0.05, 0) is 11.1 Å². The summed E-state index contributed by atoms with van der Waals surface area (Å²) in [7, 11) is 0. The number of hydrogen-bond acceptors (Lipinski definition) is 4. The molecule has 22 heavy (non-hydrogen) atoms. The number of halogens is 2. The van der Waals surface area contributed by atoms with Crippen molar-refractivity contribution in [1.82, 2.24) is 0 Å². The fourth-order valence-electron chi connectivity index (χ4n) is 2.28. The van der Waals surface area contributed by atoms with E-state index in [0.717, 1.165) is 0 Å². The van der Waals surface area contributed by atoms with E-state index in [1.807, 2.05) is 0 Å². The summed E-state index contributed by atoms with van der Waals surface area (Å²) in [5, 5.41) is 23.4. The van der Waals surface area contributed by atoms with E-state index in [2.05, 4.69) is 31.9 Å². The normalized spacial score (nSPS) is 10.5. The quantitative estimate of drug-likeness (QED) is 0.381. The molecule has 0 aliphatic heterocycles. The third-order valence-corrected chi connectivity index (χ3v) is 4.40. The molecule has 0 saturated carbocycles. The molecule has 0 heterocycles. The lowest BCUT2D eigenvalue weighted by Crippen LogP contribution is -2.01. The number of benzene rings is 2. The summed E-state index contributed by atoms with van der Waals surface area (Å²) in [4.78, 5) is 21.7. The Morgan fingerprint density at radius 2 is 1.14 bits per heavy atom. The Labute approximate surface area is 142 Å². The highest BCUT2D eigenvalue weighted by Gasteiger charge is 2.27. The maximum absolute atomic E-state index is 11.4. The van der Waals surface area contributed by atoms with E-state index >= 15 is 0 Å². The van der Waals surface area contributed by atoms with Crippen molar-refractivity contribution < 1.29 is 9.85 Å². The second kappa shape index (κ2) is 6.97. The zero-order valence-corrected chi connectivity index (χ0v) is 14.3. The van der Waals surface area contributed by atoms with Gasteiger partial charge in [0.2, 0.25) is 0 Å². The minimum absolute atomic E-state index is 0.145. The molecule has 2 rings (SSSR count). The maximum Gasteiger partial charge on any atom is 0.277 e. The smallest absolute Gasteiger partial charge is 0.258 e. The van der Waals surface area contributed by atoms with Crippen molar-refractivity contribution in [3.8, 4) is 11.1 Å². The Morgan fingerprint density at radius 3 is 1.41 bits per heavy atom. The minimum atomic E-state index is -0.518. The van der Waals surface area contributed by atoms with E-state index in [4.69, 9.17) is 0 Å². The van der Waals surface area contributed by atoms with Crippen LogP contribution in [0.4, 0.5) is 11.4 Å². The number of nitro benzene ring substituents is 2. The Balaban J connectivity index is 2.92. The molecule has 0 atom stereocenters. The number of nitrogens with zero attached hydrogens (tertiary/aromatic N) is 2. The zero-order valence-electron chi connectivity index (χ0n) is 11.2. The molecule has 0 unspecified atom stereocenters. The lowest BCUT2D eigenvalue weighted by molar-refractivity contribution is -0.386. The highest BCUT2D eigenvalue weighted by molar-refractivity contribution is 9.08. The van der Waals surface area contributed by atoms with Gasteiger partial charge in [-0.3, -0.25) is 20.2 Å². The first-order valence-corrected chi connectivity index (χ1v) is 8.40. The van der Waals surface area contributed by atoms with Gasteiger partial charge >= 0.3 is 0 Å². The van der Waals surface area contributed by atoms with Crippen LogP contribution in [0.1, 0.15) is 11.1 Å². The van der Waals surface area contributed by atoms with Crippen LogP contribution in [0.3, 0.4) is 0 Å². The van der Waals surface area contributed by atoms with Crippen molar-refractivity contribution in [2.45, 2.75) is 10.7 Å². The van der Waals surface area contributed by atoms with Gasteiger partial charge in [-0.1, -0.05) is 56.1 Å². The molecule has 0 radical (unpaired) electrons. The van der Waals surface area contributed by atoms with Crippen LogP contribution < -0.4 is 0 Å². The molecular weight excluding hydrogens is 420 g/mol. The highest BCUT2D eigenvalue weighted by Crippen LogP contribution is 2.42. The van der Waals surface area contributed by atoms with E-state index in [1.54, 1.807) is 24.3 Å². The SMILES string of the molecule is O=[N+]([O-])c1cccc(CBr)c1-c1c(CBr)cccc1[N+](=O)[O-]. The standard InChI is InChI=1S/C14H10Br2N2O4/c15-7-9-3-1-5-11(17(19)20)13(9)14-10(8-16)4-2-6-12(14)18(21)22/h1-6H,7-8H2. The van der Waals surface area contributed by atoms with Crippen LogP contribution in [0.25, 0.3) is 11.1 Å². The summed E-state index contributed by atoms with van der Waals surface area (Å²) >= 11 is 6.59. The van der Waals surface area contributed by atoms with E-state index < -0.39 is 9.85 Å². The maximum atomic E-state index is 11.4. The van der Waals surface area contributed by atoms with Crippen molar-refractivity contribution >= 4 is 43.2 Å². The Morgan fingerprint density at radius 1 is 0.773 bits per heavy atom. The van der Waals surface area contributed by atoms with Gasteiger partial charge in [0.15, 0.2) is 0 Å². The second-order valence-electron chi connectivity index (χ2n) is 4.40. The molecule has 2 aromatic carbocycles. The first-order chi connectivity index (χ1) is 10.5. The number of hydrogen-bond donors (Lipinski definition) is 0. The number of nitro groups is 2. The predicted octanol–water partition coefficient (Wildman–Crippen LogP) is 4.96. The van der Waals surface area contributed by atoms with Gasteiger partial charge in [0.1, 0.15) is 0 Å². The molecule has 0 saturated heterocycles. The average molecular weight is 430 g/mol. The van der Waals surface area contributed by atoms with E-state index in [9.17, 15) is 20.2 Å². The largest absolute Gasteiger partial charge is 0.277 e. The fourth-order valence-corrected chi connectivity index (χ4v) is 3.21. The molecule has 0 N–H and O–H groups in total. The molecule has 0 bridgehead atoms. The second-order valence-corrected chi connectivity index (χ2v) is 5.53. The Bertz CT molecular complexity index is 686. The van der Waals surface area contributed by atoms with Crippen LogP contribution in [0.15, 0.2) is 36.4 Å². The highest BCUT2D eigenvalue weighted by atomic mass is 79.9. The lowest BCUT2D eigenvalue weighted by atomic mass is 9.93. The first-order valence-electron chi connectivity index (χ1n) is 6.16. The molecule has 0 spiro atoms. The van der Waals surface area contributed by atoms with Crippen LogP contribution in [0, 0.1) is 20.2 Å². The average Bonchev–Trinajstić information content (AvgIpc) is 2.52. The van der Waals surface area contributed by atoms with Gasteiger partial charge in [0.25, 0.3) is 11.4 Å².